The second-order valence-corrected chi connectivity index (χ2v) is 7.13. The number of nitrogens with one attached hydrogen (secondary N) is 1. The summed E-state index contributed by atoms with van der Waals surface area (Å²) in [5, 5.41) is 3.49. The monoisotopic (exact) mass is 276 g/mol. The minimum Gasteiger partial charge on any atom is -0.383 e. The standard InChI is InChI=1S/C16H28N4/c1-7-8-12-19-13(17)10(2)14(20-12)18-9-11-15(3,4)16(11,5)6/h11H,7-9H2,1-6H3,(H3,17,18,19,20). The van der Waals surface area contributed by atoms with E-state index in [1.54, 1.807) is 0 Å². The number of nitrogens with zero attached hydrogens (tertiary/aromatic N) is 2. The Balaban J connectivity index is 2.10. The van der Waals surface area contributed by atoms with Crippen LogP contribution in [0.25, 0.3) is 0 Å². The van der Waals surface area contributed by atoms with Gasteiger partial charge in [0, 0.05) is 18.5 Å². The smallest absolute Gasteiger partial charge is 0.134 e. The van der Waals surface area contributed by atoms with Gasteiger partial charge in [-0.1, -0.05) is 34.6 Å². The van der Waals surface area contributed by atoms with Crippen LogP contribution in [0.4, 0.5) is 11.6 Å². The average molecular weight is 276 g/mol. The van der Waals surface area contributed by atoms with Crippen LogP contribution in [-0.2, 0) is 6.42 Å². The summed E-state index contributed by atoms with van der Waals surface area (Å²) in [6.07, 6.45) is 1.91. The van der Waals surface area contributed by atoms with Crippen molar-refractivity contribution in [2.75, 3.05) is 17.6 Å². The van der Waals surface area contributed by atoms with Gasteiger partial charge in [0.1, 0.15) is 17.5 Å². The molecular formula is C16H28N4. The number of hydrogen-bond donors (Lipinski definition) is 2. The number of anilines is 2. The molecule has 0 radical (unpaired) electrons. The molecule has 4 nitrogen and oxygen atoms in total. The van der Waals surface area contributed by atoms with Crippen molar-refractivity contribution in [3.8, 4) is 0 Å². The average Bonchev–Trinajstić information content (AvgIpc) is 2.73. The number of aromatic nitrogens is 2. The molecule has 0 spiro atoms. The molecule has 0 unspecified atom stereocenters. The van der Waals surface area contributed by atoms with Crippen molar-refractivity contribution in [3.63, 3.8) is 0 Å². The summed E-state index contributed by atoms with van der Waals surface area (Å²) in [6.45, 7) is 14.4. The van der Waals surface area contributed by atoms with Gasteiger partial charge < -0.3 is 11.1 Å². The quantitative estimate of drug-likeness (QED) is 0.865. The Hall–Kier alpha value is -1.32. The second kappa shape index (κ2) is 4.90. The third kappa shape index (κ3) is 2.36. The molecule has 0 atom stereocenters. The summed E-state index contributed by atoms with van der Waals surface area (Å²) in [7, 11) is 0. The number of rotatable bonds is 5. The molecule has 0 saturated heterocycles. The fourth-order valence-electron chi connectivity index (χ4n) is 3.13. The van der Waals surface area contributed by atoms with Crippen LogP contribution in [0.15, 0.2) is 0 Å². The highest BCUT2D eigenvalue weighted by Crippen LogP contribution is 2.68. The maximum atomic E-state index is 5.99. The summed E-state index contributed by atoms with van der Waals surface area (Å²) in [5.41, 5.74) is 7.72. The molecule has 1 heterocycles. The largest absolute Gasteiger partial charge is 0.383 e. The van der Waals surface area contributed by atoms with Crippen molar-refractivity contribution in [2.24, 2.45) is 16.7 Å². The minimum atomic E-state index is 0.388. The van der Waals surface area contributed by atoms with E-state index in [4.69, 9.17) is 5.73 Å². The van der Waals surface area contributed by atoms with E-state index in [0.717, 1.165) is 36.6 Å². The molecule has 3 N–H and O–H groups in total. The zero-order valence-electron chi connectivity index (χ0n) is 13.7. The highest BCUT2D eigenvalue weighted by molar-refractivity contribution is 5.55. The Morgan fingerprint density at radius 3 is 2.25 bits per heavy atom. The fraction of sp³-hybridized carbons (Fsp3) is 0.750. The first-order chi connectivity index (χ1) is 9.21. The zero-order valence-corrected chi connectivity index (χ0v) is 13.7. The molecule has 0 aromatic carbocycles. The lowest BCUT2D eigenvalue weighted by atomic mass is 10.0. The SMILES string of the molecule is CCCc1nc(N)c(C)c(NCC2C(C)(C)C2(C)C)n1. The van der Waals surface area contributed by atoms with Crippen LogP contribution in [0.2, 0.25) is 0 Å². The zero-order chi connectivity index (χ0) is 15.1. The molecule has 1 saturated carbocycles. The van der Waals surface area contributed by atoms with Crippen molar-refractivity contribution < 1.29 is 0 Å². The number of nitrogens with two attached hydrogens (primary N) is 1. The van der Waals surface area contributed by atoms with E-state index in [1.165, 1.54) is 0 Å². The van der Waals surface area contributed by atoms with Crippen LogP contribution < -0.4 is 11.1 Å². The van der Waals surface area contributed by atoms with Gasteiger partial charge in [0.25, 0.3) is 0 Å². The topological polar surface area (TPSA) is 63.8 Å². The number of hydrogen-bond acceptors (Lipinski definition) is 4. The molecule has 1 aromatic heterocycles. The summed E-state index contributed by atoms with van der Waals surface area (Å²) >= 11 is 0. The van der Waals surface area contributed by atoms with Crippen LogP contribution in [0.5, 0.6) is 0 Å². The van der Waals surface area contributed by atoms with Gasteiger partial charge in [0.05, 0.1) is 0 Å². The molecule has 1 fully saturated rings. The van der Waals surface area contributed by atoms with Gasteiger partial charge in [-0.25, -0.2) is 9.97 Å². The van der Waals surface area contributed by atoms with Crippen LogP contribution in [0.3, 0.4) is 0 Å². The molecule has 0 bridgehead atoms. The summed E-state index contributed by atoms with van der Waals surface area (Å²) in [4.78, 5) is 8.97. The lowest BCUT2D eigenvalue weighted by Crippen LogP contribution is -2.13. The van der Waals surface area contributed by atoms with Gasteiger partial charge in [-0.05, 0) is 30.1 Å². The molecule has 0 aliphatic heterocycles. The maximum absolute atomic E-state index is 5.99. The van der Waals surface area contributed by atoms with Crippen molar-refractivity contribution in [1.29, 1.82) is 0 Å². The van der Waals surface area contributed by atoms with Crippen molar-refractivity contribution in [3.05, 3.63) is 11.4 Å². The Labute approximate surface area is 122 Å². The van der Waals surface area contributed by atoms with Crippen LogP contribution in [0.1, 0.15) is 52.4 Å². The maximum Gasteiger partial charge on any atom is 0.134 e. The first kappa shape index (κ1) is 15.1. The van der Waals surface area contributed by atoms with E-state index in [1.807, 2.05) is 6.92 Å². The van der Waals surface area contributed by atoms with Gasteiger partial charge in [0.2, 0.25) is 0 Å². The van der Waals surface area contributed by atoms with Crippen LogP contribution in [-0.4, -0.2) is 16.5 Å². The molecule has 4 heteroatoms. The minimum absolute atomic E-state index is 0.388. The highest BCUT2D eigenvalue weighted by Gasteiger charge is 2.64. The molecule has 20 heavy (non-hydrogen) atoms. The highest BCUT2D eigenvalue weighted by atomic mass is 15.1. The van der Waals surface area contributed by atoms with Crippen LogP contribution in [0, 0.1) is 23.7 Å². The predicted molar refractivity (Wildman–Crippen MR) is 84.7 cm³/mol. The number of nitrogen functional groups attached to an aromatic ring is 1. The molecule has 2 rings (SSSR count). The van der Waals surface area contributed by atoms with Gasteiger partial charge in [-0.15, -0.1) is 0 Å². The van der Waals surface area contributed by atoms with Gasteiger partial charge >= 0.3 is 0 Å². The lowest BCUT2D eigenvalue weighted by Gasteiger charge is -2.12. The van der Waals surface area contributed by atoms with Gasteiger partial charge in [-0.3, -0.25) is 0 Å². The summed E-state index contributed by atoms with van der Waals surface area (Å²) < 4.78 is 0. The summed E-state index contributed by atoms with van der Waals surface area (Å²) in [6, 6.07) is 0. The van der Waals surface area contributed by atoms with Gasteiger partial charge in [-0.2, -0.15) is 0 Å². The number of aryl methyl sites for hydroxylation is 1. The van der Waals surface area contributed by atoms with Crippen molar-refractivity contribution in [2.45, 2.75) is 54.4 Å². The summed E-state index contributed by atoms with van der Waals surface area (Å²) in [5.74, 6) is 3.01. The molecule has 1 aromatic rings. The Morgan fingerprint density at radius 2 is 1.75 bits per heavy atom. The first-order valence-electron chi connectivity index (χ1n) is 7.58. The fourth-order valence-corrected chi connectivity index (χ4v) is 3.13. The third-order valence-electron chi connectivity index (χ3n) is 5.50. The predicted octanol–water partition coefficient (Wildman–Crippen LogP) is 3.41. The van der Waals surface area contributed by atoms with Gasteiger partial charge in [0.15, 0.2) is 0 Å². The Morgan fingerprint density at radius 1 is 1.15 bits per heavy atom. The van der Waals surface area contributed by atoms with E-state index in [0.29, 0.717) is 22.6 Å². The van der Waals surface area contributed by atoms with Crippen molar-refractivity contribution in [1.82, 2.24) is 9.97 Å². The van der Waals surface area contributed by atoms with E-state index in [-0.39, 0.29) is 0 Å². The van der Waals surface area contributed by atoms with E-state index in [2.05, 4.69) is 49.9 Å². The van der Waals surface area contributed by atoms with Crippen LogP contribution >= 0.6 is 0 Å². The molecule has 1 aliphatic rings. The molecule has 0 amide bonds. The lowest BCUT2D eigenvalue weighted by molar-refractivity contribution is 0.457. The van der Waals surface area contributed by atoms with E-state index >= 15 is 0 Å². The second-order valence-electron chi connectivity index (χ2n) is 7.13. The van der Waals surface area contributed by atoms with E-state index < -0.39 is 0 Å². The Kier molecular flexibility index (Phi) is 3.69. The molecular weight excluding hydrogens is 248 g/mol. The first-order valence-corrected chi connectivity index (χ1v) is 7.58. The third-order valence-corrected chi connectivity index (χ3v) is 5.50. The Bertz CT molecular complexity index is 491. The molecule has 112 valence electrons. The van der Waals surface area contributed by atoms with Crippen molar-refractivity contribution >= 4 is 11.6 Å². The molecule has 1 aliphatic carbocycles. The normalized spacial score (nSPS) is 19.9. The van der Waals surface area contributed by atoms with E-state index in [9.17, 15) is 0 Å².